The van der Waals surface area contributed by atoms with Gasteiger partial charge in [0.1, 0.15) is 18.1 Å². The summed E-state index contributed by atoms with van der Waals surface area (Å²) < 4.78 is 17.4. The summed E-state index contributed by atoms with van der Waals surface area (Å²) in [5.41, 5.74) is 2.19. The topological polar surface area (TPSA) is 90.9 Å². The summed E-state index contributed by atoms with van der Waals surface area (Å²) in [6.07, 6.45) is 0. The van der Waals surface area contributed by atoms with Gasteiger partial charge in [-0.05, 0) is 29.5 Å². The summed E-state index contributed by atoms with van der Waals surface area (Å²) in [4.78, 5) is 40.0. The van der Waals surface area contributed by atoms with Crippen molar-refractivity contribution in [2.75, 3.05) is 25.1 Å². The first-order valence-corrected chi connectivity index (χ1v) is 12.8. The Morgan fingerprint density at radius 3 is 2.11 bits per heavy atom. The zero-order valence-electron chi connectivity index (χ0n) is 22.2. The summed E-state index contributed by atoms with van der Waals surface area (Å²) in [7, 11) is 0. The quantitative estimate of drug-likeness (QED) is 0.276. The molecular weight excluding hydrogens is 482 g/mol. The van der Waals surface area contributed by atoms with E-state index in [1.165, 1.54) is 6.07 Å². The van der Waals surface area contributed by atoms with Crippen molar-refractivity contribution in [3.8, 4) is 11.5 Å². The number of fused-ring (bicyclic) bond motifs is 2. The van der Waals surface area contributed by atoms with Crippen LogP contribution in [0.5, 0.6) is 11.5 Å². The maximum Gasteiger partial charge on any atom is 0.250 e. The number of hydrogen-bond acceptors (Lipinski definition) is 6. The van der Waals surface area contributed by atoms with E-state index in [0.29, 0.717) is 31.3 Å². The Labute approximate surface area is 223 Å². The van der Waals surface area contributed by atoms with Crippen molar-refractivity contribution in [2.45, 2.75) is 34.3 Å². The van der Waals surface area contributed by atoms with Gasteiger partial charge in [-0.15, -0.1) is 0 Å². The Morgan fingerprint density at radius 1 is 0.763 bits per heavy atom. The molecule has 7 heteroatoms. The molecule has 1 amide bonds. The largest absolute Gasteiger partial charge is 0.493 e. The summed E-state index contributed by atoms with van der Waals surface area (Å²) in [6, 6.07) is 17.7. The Morgan fingerprint density at radius 2 is 1.42 bits per heavy atom. The Bertz CT molecular complexity index is 1330. The highest BCUT2D eigenvalue weighted by atomic mass is 16.5. The molecule has 0 aliphatic heterocycles. The number of anilines is 1. The molecule has 1 aliphatic rings. The van der Waals surface area contributed by atoms with E-state index in [-0.39, 0.29) is 63.9 Å². The standard InChI is InChI=1S/C31H33NO6/c1-19(2)15-37-25-12-8-11-23-28(25)31(35)29-24(30(23)34)13-22(14-26(29)38-16-20(3)4)32-27(33)18-36-17-21-9-6-5-7-10-21/h5-14,19-20H,15-18H2,1-4H3,(H,32,33). The van der Waals surface area contributed by atoms with Gasteiger partial charge < -0.3 is 19.5 Å². The van der Waals surface area contributed by atoms with Crippen molar-refractivity contribution in [3.63, 3.8) is 0 Å². The fourth-order valence-electron chi connectivity index (χ4n) is 4.11. The van der Waals surface area contributed by atoms with Crippen molar-refractivity contribution in [1.82, 2.24) is 0 Å². The van der Waals surface area contributed by atoms with Gasteiger partial charge in [0.2, 0.25) is 11.7 Å². The van der Waals surface area contributed by atoms with Crippen molar-refractivity contribution in [2.24, 2.45) is 11.8 Å². The summed E-state index contributed by atoms with van der Waals surface area (Å²) in [5.74, 6) is 0.0202. The first kappa shape index (κ1) is 27.1. The molecule has 0 saturated carbocycles. The molecule has 1 aliphatic carbocycles. The number of amides is 1. The molecule has 0 fully saturated rings. The normalized spacial score (nSPS) is 12.4. The van der Waals surface area contributed by atoms with E-state index >= 15 is 0 Å². The second-order valence-corrected chi connectivity index (χ2v) is 10.2. The van der Waals surface area contributed by atoms with Crippen LogP contribution in [0.1, 0.15) is 65.1 Å². The predicted molar refractivity (Wildman–Crippen MR) is 145 cm³/mol. The van der Waals surface area contributed by atoms with Crippen LogP contribution >= 0.6 is 0 Å². The van der Waals surface area contributed by atoms with Crippen LogP contribution in [-0.2, 0) is 16.1 Å². The van der Waals surface area contributed by atoms with Gasteiger partial charge in [-0.3, -0.25) is 14.4 Å². The van der Waals surface area contributed by atoms with Gasteiger partial charge in [0.05, 0.1) is 30.9 Å². The van der Waals surface area contributed by atoms with Crippen LogP contribution in [-0.4, -0.2) is 37.3 Å². The molecular formula is C31H33NO6. The van der Waals surface area contributed by atoms with E-state index in [2.05, 4.69) is 5.32 Å². The summed E-state index contributed by atoms with van der Waals surface area (Å²) in [5, 5.41) is 2.78. The lowest BCUT2D eigenvalue weighted by molar-refractivity contribution is -0.121. The number of nitrogens with one attached hydrogen (secondary N) is 1. The minimum Gasteiger partial charge on any atom is -0.493 e. The van der Waals surface area contributed by atoms with Crippen molar-refractivity contribution < 1.29 is 28.6 Å². The third kappa shape index (κ3) is 6.29. The Kier molecular flexibility index (Phi) is 8.59. The van der Waals surface area contributed by atoms with Gasteiger partial charge in [0, 0.05) is 22.9 Å². The molecule has 3 aromatic carbocycles. The molecule has 198 valence electrons. The number of rotatable bonds is 11. The number of benzene rings is 3. The van der Waals surface area contributed by atoms with E-state index in [9.17, 15) is 14.4 Å². The highest BCUT2D eigenvalue weighted by molar-refractivity contribution is 6.30. The number of carbonyl (C=O) groups excluding carboxylic acids is 3. The second-order valence-electron chi connectivity index (χ2n) is 10.2. The van der Waals surface area contributed by atoms with Gasteiger partial charge in [-0.2, -0.15) is 0 Å². The number of hydrogen-bond donors (Lipinski definition) is 1. The van der Waals surface area contributed by atoms with Crippen molar-refractivity contribution in [3.05, 3.63) is 88.5 Å². The van der Waals surface area contributed by atoms with E-state index < -0.39 is 0 Å². The predicted octanol–water partition coefficient (Wildman–Crippen LogP) is 5.69. The number of carbonyl (C=O) groups is 3. The van der Waals surface area contributed by atoms with Gasteiger partial charge in [0.15, 0.2) is 5.78 Å². The molecule has 0 bridgehead atoms. The monoisotopic (exact) mass is 515 g/mol. The van der Waals surface area contributed by atoms with Gasteiger partial charge in [-0.1, -0.05) is 70.2 Å². The molecule has 3 aromatic rings. The minimum absolute atomic E-state index is 0.166. The highest BCUT2D eigenvalue weighted by Crippen LogP contribution is 2.39. The lowest BCUT2D eigenvalue weighted by Crippen LogP contribution is -2.25. The minimum atomic E-state index is -0.380. The van der Waals surface area contributed by atoms with Crippen LogP contribution in [0.3, 0.4) is 0 Å². The molecule has 0 saturated heterocycles. The molecule has 7 nitrogen and oxygen atoms in total. The molecule has 1 N–H and O–H groups in total. The smallest absolute Gasteiger partial charge is 0.250 e. The second kappa shape index (κ2) is 12.0. The fourth-order valence-corrected chi connectivity index (χ4v) is 4.11. The highest BCUT2D eigenvalue weighted by Gasteiger charge is 2.35. The van der Waals surface area contributed by atoms with Crippen molar-refractivity contribution >= 4 is 23.2 Å². The summed E-state index contributed by atoms with van der Waals surface area (Å²) >= 11 is 0. The van der Waals surface area contributed by atoms with Crippen LogP contribution in [0.2, 0.25) is 0 Å². The Hall–Kier alpha value is -3.97. The molecule has 4 rings (SSSR count). The van der Waals surface area contributed by atoms with Gasteiger partial charge in [0.25, 0.3) is 0 Å². The lowest BCUT2D eigenvalue weighted by Gasteiger charge is -2.24. The first-order chi connectivity index (χ1) is 18.2. The van der Waals surface area contributed by atoms with E-state index in [1.54, 1.807) is 24.3 Å². The number of ether oxygens (including phenoxy) is 3. The van der Waals surface area contributed by atoms with Crippen LogP contribution in [0.4, 0.5) is 5.69 Å². The van der Waals surface area contributed by atoms with Gasteiger partial charge in [-0.25, -0.2) is 0 Å². The molecule has 0 atom stereocenters. The first-order valence-electron chi connectivity index (χ1n) is 12.8. The third-order valence-electron chi connectivity index (χ3n) is 5.84. The van der Waals surface area contributed by atoms with E-state index in [0.717, 1.165) is 5.56 Å². The van der Waals surface area contributed by atoms with E-state index in [4.69, 9.17) is 14.2 Å². The van der Waals surface area contributed by atoms with Crippen molar-refractivity contribution in [1.29, 1.82) is 0 Å². The third-order valence-corrected chi connectivity index (χ3v) is 5.84. The summed E-state index contributed by atoms with van der Waals surface area (Å²) in [6.45, 7) is 8.88. The molecule has 0 radical (unpaired) electrons. The zero-order chi connectivity index (χ0) is 27.2. The van der Waals surface area contributed by atoms with Crippen LogP contribution < -0.4 is 14.8 Å². The maximum atomic E-state index is 13.8. The maximum absolute atomic E-state index is 13.8. The molecule has 0 heterocycles. The molecule has 0 spiro atoms. The molecule has 0 unspecified atom stereocenters. The average molecular weight is 516 g/mol. The number of ketones is 2. The van der Waals surface area contributed by atoms with Gasteiger partial charge >= 0.3 is 0 Å². The van der Waals surface area contributed by atoms with Crippen LogP contribution in [0.25, 0.3) is 0 Å². The SMILES string of the molecule is CC(C)COc1cccc2c1C(=O)c1c(OCC(C)C)cc(NC(=O)COCc3ccccc3)cc1C2=O. The average Bonchev–Trinajstić information content (AvgIpc) is 2.89. The van der Waals surface area contributed by atoms with E-state index in [1.807, 2.05) is 58.0 Å². The Balaban J connectivity index is 1.62. The lowest BCUT2D eigenvalue weighted by atomic mass is 9.82. The molecule has 0 aromatic heterocycles. The molecule has 38 heavy (non-hydrogen) atoms. The zero-order valence-corrected chi connectivity index (χ0v) is 22.2. The van der Waals surface area contributed by atoms with Crippen LogP contribution in [0.15, 0.2) is 60.7 Å². The fraction of sp³-hybridized carbons (Fsp3) is 0.323. The van der Waals surface area contributed by atoms with Crippen LogP contribution in [0, 0.1) is 11.8 Å².